The van der Waals surface area contributed by atoms with E-state index in [-0.39, 0.29) is 25.4 Å². The second kappa shape index (κ2) is 6.69. The lowest BCUT2D eigenvalue weighted by Crippen LogP contribution is -2.36. The minimum atomic E-state index is -4.30. The van der Waals surface area contributed by atoms with Crippen molar-refractivity contribution in [1.82, 2.24) is 4.90 Å². The van der Waals surface area contributed by atoms with E-state index in [9.17, 15) is 22.8 Å². The maximum Gasteiger partial charge on any atom is 0.390 e. The monoisotopic (exact) mass is 354 g/mol. The number of fused-ring (bicyclic) bond motifs is 1. The lowest BCUT2D eigenvalue weighted by Gasteiger charge is -2.22. The number of hydrogen-bond acceptors (Lipinski definition) is 2. The summed E-state index contributed by atoms with van der Waals surface area (Å²) in [7, 11) is 1.36. The molecule has 1 atom stereocenters. The van der Waals surface area contributed by atoms with Crippen molar-refractivity contribution in [2.24, 2.45) is 5.92 Å². The van der Waals surface area contributed by atoms with Gasteiger partial charge in [0.25, 0.3) is 0 Å². The summed E-state index contributed by atoms with van der Waals surface area (Å²) >= 11 is 0. The van der Waals surface area contributed by atoms with Gasteiger partial charge in [0.05, 0.1) is 12.3 Å². The first-order valence-corrected chi connectivity index (χ1v) is 8.48. The average Bonchev–Trinajstić information content (AvgIpc) is 3.16. The SMILES string of the molecule is CN(CCC(F)(F)F)C(=O)C1CC(=O)N(c2ccc3c(c2)CCC3)C1. The molecule has 7 heteroatoms. The Morgan fingerprint density at radius 3 is 2.72 bits per heavy atom. The van der Waals surface area contributed by atoms with Crippen molar-refractivity contribution in [1.29, 1.82) is 0 Å². The van der Waals surface area contributed by atoms with Gasteiger partial charge in [-0.05, 0) is 42.5 Å². The molecule has 0 saturated carbocycles. The van der Waals surface area contributed by atoms with Crippen LogP contribution in [0.4, 0.5) is 18.9 Å². The Bertz CT molecular complexity index is 687. The van der Waals surface area contributed by atoms with Crippen LogP contribution in [0.3, 0.4) is 0 Å². The maximum absolute atomic E-state index is 12.4. The van der Waals surface area contributed by atoms with Gasteiger partial charge in [0, 0.05) is 32.2 Å². The number of aryl methyl sites for hydroxylation is 2. The average molecular weight is 354 g/mol. The van der Waals surface area contributed by atoms with Crippen LogP contribution in [0.5, 0.6) is 0 Å². The lowest BCUT2D eigenvalue weighted by atomic mass is 10.1. The largest absolute Gasteiger partial charge is 0.390 e. The normalized spacial score (nSPS) is 20.1. The molecule has 0 spiro atoms. The molecule has 0 radical (unpaired) electrons. The standard InChI is InChI=1S/C18H21F3N2O2/c1-22(8-7-18(19,20)21)17(25)14-10-16(24)23(11-14)15-6-5-12-3-2-4-13(12)9-15/h5-6,9,14H,2-4,7-8,10-11H2,1H3. The zero-order valence-corrected chi connectivity index (χ0v) is 14.1. The van der Waals surface area contributed by atoms with E-state index in [1.807, 2.05) is 18.2 Å². The minimum absolute atomic E-state index is 0.0479. The third kappa shape index (κ3) is 3.96. The first-order chi connectivity index (χ1) is 11.7. The zero-order chi connectivity index (χ0) is 18.2. The quantitative estimate of drug-likeness (QED) is 0.834. The van der Waals surface area contributed by atoms with E-state index >= 15 is 0 Å². The van der Waals surface area contributed by atoms with Gasteiger partial charge >= 0.3 is 6.18 Å². The number of amides is 2. The fourth-order valence-corrected chi connectivity index (χ4v) is 3.57. The van der Waals surface area contributed by atoms with Crippen molar-refractivity contribution in [2.45, 2.75) is 38.3 Å². The Labute approximate surface area is 144 Å². The molecule has 1 heterocycles. The topological polar surface area (TPSA) is 40.6 Å². The summed E-state index contributed by atoms with van der Waals surface area (Å²) in [6.07, 6.45) is -2.13. The molecule has 136 valence electrons. The number of carbonyl (C=O) groups excluding carboxylic acids is 2. The fourth-order valence-electron chi connectivity index (χ4n) is 3.57. The van der Waals surface area contributed by atoms with Gasteiger partial charge in [-0.3, -0.25) is 9.59 Å². The molecule has 1 aromatic carbocycles. The highest BCUT2D eigenvalue weighted by Crippen LogP contribution is 2.31. The van der Waals surface area contributed by atoms with E-state index < -0.39 is 24.4 Å². The highest BCUT2D eigenvalue weighted by atomic mass is 19.4. The molecule has 1 fully saturated rings. The van der Waals surface area contributed by atoms with Gasteiger partial charge in [0.15, 0.2) is 0 Å². The molecule has 2 aliphatic rings. The predicted octanol–water partition coefficient (Wildman–Crippen LogP) is 2.94. The van der Waals surface area contributed by atoms with Crippen molar-refractivity contribution >= 4 is 17.5 Å². The highest BCUT2D eigenvalue weighted by Gasteiger charge is 2.37. The number of nitrogens with zero attached hydrogens (tertiary/aromatic N) is 2. The molecule has 1 aliphatic carbocycles. The fraction of sp³-hybridized carbons (Fsp3) is 0.556. The van der Waals surface area contributed by atoms with E-state index in [2.05, 4.69) is 0 Å². The molecule has 1 aliphatic heterocycles. The summed E-state index contributed by atoms with van der Waals surface area (Å²) < 4.78 is 36.9. The molecule has 1 unspecified atom stereocenters. The van der Waals surface area contributed by atoms with Crippen molar-refractivity contribution in [3.8, 4) is 0 Å². The van der Waals surface area contributed by atoms with Crippen LogP contribution in [-0.4, -0.2) is 43.0 Å². The van der Waals surface area contributed by atoms with Crippen LogP contribution >= 0.6 is 0 Å². The van der Waals surface area contributed by atoms with E-state index in [1.165, 1.54) is 18.2 Å². The van der Waals surface area contributed by atoms with Gasteiger partial charge < -0.3 is 9.80 Å². The van der Waals surface area contributed by atoms with Crippen LogP contribution in [0, 0.1) is 5.92 Å². The molecular formula is C18H21F3N2O2. The Hall–Kier alpha value is -2.05. The summed E-state index contributed by atoms with van der Waals surface area (Å²) in [6, 6.07) is 5.91. The smallest absolute Gasteiger partial charge is 0.345 e. The molecule has 4 nitrogen and oxygen atoms in total. The van der Waals surface area contributed by atoms with Gasteiger partial charge in [-0.15, -0.1) is 0 Å². The molecule has 2 amide bonds. The summed E-state index contributed by atoms with van der Waals surface area (Å²) in [6.45, 7) is -0.154. The first-order valence-electron chi connectivity index (χ1n) is 8.48. The summed E-state index contributed by atoms with van der Waals surface area (Å²) in [5.41, 5.74) is 3.32. The summed E-state index contributed by atoms with van der Waals surface area (Å²) in [5.74, 6) is -1.14. The number of alkyl halides is 3. The van der Waals surface area contributed by atoms with Crippen LogP contribution in [0.25, 0.3) is 0 Å². The van der Waals surface area contributed by atoms with Crippen molar-refractivity contribution in [3.63, 3.8) is 0 Å². The Balaban J connectivity index is 1.65. The number of rotatable bonds is 4. The van der Waals surface area contributed by atoms with E-state index in [4.69, 9.17) is 0 Å². The molecule has 25 heavy (non-hydrogen) atoms. The lowest BCUT2D eigenvalue weighted by molar-refractivity contribution is -0.146. The molecule has 3 rings (SSSR count). The van der Waals surface area contributed by atoms with Gasteiger partial charge in [-0.2, -0.15) is 13.2 Å². The van der Waals surface area contributed by atoms with E-state index in [1.54, 1.807) is 4.90 Å². The number of hydrogen-bond donors (Lipinski definition) is 0. The Morgan fingerprint density at radius 2 is 2.00 bits per heavy atom. The van der Waals surface area contributed by atoms with Crippen molar-refractivity contribution < 1.29 is 22.8 Å². The van der Waals surface area contributed by atoms with E-state index in [0.717, 1.165) is 29.8 Å². The van der Waals surface area contributed by atoms with Crippen LogP contribution in [0.15, 0.2) is 18.2 Å². The number of anilines is 1. The van der Waals surface area contributed by atoms with Gasteiger partial charge in [0.1, 0.15) is 0 Å². The van der Waals surface area contributed by atoms with Crippen LogP contribution in [0.1, 0.15) is 30.4 Å². The molecular weight excluding hydrogens is 333 g/mol. The molecule has 0 bridgehead atoms. The number of halogens is 3. The van der Waals surface area contributed by atoms with Crippen molar-refractivity contribution in [2.75, 3.05) is 25.0 Å². The third-order valence-corrected chi connectivity index (χ3v) is 4.97. The summed E-state index contributed by atoms with van der Waals surface area (Å²) in [4.78, 5) is 27.3. The predicted molar refractivity (Wildman–Crippen MR) is 87.2 cm³/mol. The van der Waals surface area contributed by atoms with Crippen molar-refractivity contribution in [3.05, 3.63) is 29.3 Å². The number of benzene rings is 1. The van der Waals surface area contributed by atoms with Crippen LogP contribution < -0.4 is 4.90 Å². The van der Waals surface area contributed by atoms with Gasteiger partial charge in [-0.25, -0.2) is 0 Å². The van der Waals surface area contributed by atoms with Crippen LogP contribution in [0.2, 0.25) is 0 Å². The molecule has 0 aromatic heterocycles. The zero-order valence-electron chi connectivity index (χ0n) is 14.1. The minimum Gasteiger partial charge on any atom is -0.345 e. The summed E-state index contributed by atoms with van der Waals surface area (Å²) in [5, 5.41) is 0. The first kappa shape index (κ1) is 17.8. The highest BCUT2D eigenvalue weighted by molar-refractivity contribution is 6.00. The van der Waals surface area contributed by atoms with E-state index in [0.29, 0.717) is 0 Å². The Kier molecular flexibility index (Phi) is 4.75. The second-order valence-electron chi connectivity index (χ2n) is 6.84. The van der Waals surface area contributed by atoms with Crippen LogP contribution in [-0.2, 0) is 22.4 Å². The molecule has 1 saturated heterocycles. The third-order valence-electron chi connectivity index (χ3n) is 4.97. The van der Waals surface area contributed by atoms with Gasteiger partial charge in [-0.1, -0.05) is 6.07 Å². The Morgan fingerprint density at radius 1 is 1.28 bits per heavy atom. The van der Waals surface area contributed by atoms with Gasteiger partial charge in [0.2, 0.25) is 11.8 Å². The molecule has 0 N–H and O–H groups in total. The second-order valence-corrected chi connectivity index (χ2v) is 6.84. The number of carbonyl (C=O) groups is 2. The molecule has 1 aromatic rings. The maximum atomic E-state index is 12.4.